The zero-order chi connectivity index (χ0) is 14.0. The van der Waals surface area contributed by atoms with Crippen LogP contribution in [-0.2, 0) is 26.3 Å². The van der Waals surface area contributed by atoms with Gasteiger partial charge in [-0.05, 0) is 13.3 Å². The number of rotatable bonds is 5. The van der Waals surface area contributed by atoms with Gasteiger partial charge in [0, 0.05) is 25.3 Å². The van der Waals surface area contributed by atoms with E-state index >= 15 is 0 Å². The molecule has 104 valence electrons. The lowest BCUT2D eigenvalue weighted by molar-refractivity contribution is 0.172. The van der Waals surface area contributed by atoms with Crippen LogP contribution in [-0.4, -0.2) is 26.0 Å². The third kappa shape index (κ3) is 3.35. The zero-order valence-corrected chi connectivity index (χ0v) is 12.9. The van der Waals surface area contributed by atoms with E-state index in [1.807, 2.05) is 26.3 Å². The Bertz CT molecular complexity index is 564. The lowest BCUT2D eigenvalue weighted by Crippen LogP contribution is -2.16. The summed E-state index contributed by atoms with van der Waals surface area (Å²) in [5.41, 5.74) is 2.71. The highest BCUT2D eigenvalue weighted by atomic mass is 35.5. The van der Waals surface area contributed by atoms with E-state index in [0.717, 1.165) is 28.5 Å². The number of aliphatic hydroxyl groups is 1. The van der Waals surface area contributed by atoms with Crippen LogP contribution in [0.25, 0.3) is 0 Å². The van der Waals surface area contributed by atoms with Gasteiger partial charge in [-0.1, -0.05) is 18.5 Å². The summed E-state index contributed by atoms with van der Waals surface area (Å²) in [5, 5.41) is 18.2. The molecule has 1 unspecified atom stereocenters. The second kappa shape index (κ2) is 6.03. The summed E-state index contributed by atoms with van der Waals surface area (Å²) in [6, 6.07) is 0. The average molecular weight is 300 g/mol. The van der Waals surface area contributed by atoms with Crippen LogP contribution < -0.4 is 0 Å². The van der Waals surface area contributed by atoms with Gasteiger partial charge >= 0.3 is 0 Å². The maximum atomic E-state index is 10.2. The van der Waals surface area contributed by atoms with Crippen LogP contribution in [0, 0.1) is 6.92 Å². The normalized spacial score (nSPS) is 12.9. The van der Waals surface area contributed by atoms with E-state index in [1.165, 1.54) is 0 Å². The predicted octanol–water partition coefficient (Wildman–Crippen LogP) is 2.55. The number of hydrogen-bond acceptors (Lipinski definition) is 4. The van der Waals surface area contributed by atoms with Crippen LogP contribution in [0.5, 0.6) is 0 Å². The van der Waals surface area contributed by atoms with Crippen LogP contribution in [0.15, 0.2) is 5.38 Å². The second-order valence-corrected chi connectivity index (χ2v) is 6.04. The molecule has 6 heteroatoms. The van der Waals surface area contributed by atoms with Crippen molar-refractivity contribution in [3.63, 3.8) is 0 Å². The highest BCUT2D eigenvalue weighted by Crippen LogP contribution is 2.23. The Morgan fingerprint density at radius 1 is 1.47 bits per heavy atom. The molecule has 0 saturated carbocycles. The highest BCUT2D eigenvalue weighted by Gasteiger charge is 2.17. The molecule has 0 aliphatic rings. The SMILES string of the molecule is CCc1nn(C)c(CC(O)Cc2csc(C)n2)c1Cl. The van der Waals surface area contributed by atoms with Gasteiger partial charge in [-0.15, -0.1) is 11.3 Å². The topological polar surface area (TPSA) is 50.9 Å². The molecule has 2 aromatic rings. The Hall–Kier alpha value is -0.910. The van der Waals surface area contributed by atoms with E-state index in [4.69, 9.17) is 11.6 Å². The Morgan fingerprint density at radius 3 is 2.74 bits per heavy atom. The first-order valence-corrected chi connectivity index (χ1v) is 7.56. The maximum Gasteiger partial charge on any atom is 0.0897 e. The molecule has 0 saturated heterocycles. The van der Waals surface area contributed by atoms with Crippen LogP contribution in [0.2, 0.25) is 5.02 Å². The molecule has 19 heavy (non-hydrogen) atoms. The van der Waals surface area contributed by atoms with Gasteiger partial charge in [0.2, 0.25) is 0 Å². The number of aryl methyl sites for hydroxylation is 3. The molecule has 0 aliphatic carbocycles. The van der Waals surface area contributed by atoms with Gasteiger partial charge in [0.25, 0.3) is 0 Å². The fourth-order valence-corrected chi connectivity index (χ4v) is 3.08. The summed E-state index contributed by atoms with van der Waals surface area (Å²) in [6.45, 7) is 3.98. The Morgan fingerprint density at radius 2 is 2.21 bits per heavy atom. The Balaban J connectivity index is 2.06. The van der Waals surface area contributed by atoms with E-state index in [0.29, 0.717) is 17.9 Å². The van der Waals surface area contributed by atoms with Gasteiger partial charge in [0.05, 0.1) is 33.2 Å². The molecule has 1 N–H and O–H groups in total. The zero-order valence-electron chi connectivity index (χ0n) is 11.4. The minimum atomic E-state index is -0.487. The maximum absolute atomic E-state index is 10.2. The van der Waals surface area contributed by atoms with Crippen LogP contribution in [0.1, 0.15) is 29.0 Å². The van der Waals surface area contributed by atoms with Crippen LogP contribution in [0.3, 0.4) is 0 Å². The molecular formula is C13H18ClN3OS. The molecule has 0 spiro atoms. The number of aliphatic hydroxyl groups excluding tert-OH is 1. The third-order valence-corrected chi connectivity index (χ3v) is 4.30. The number of hydrogen-bond donors (Lipinski definition) is 1. The van der Waals surface area contributed by atoms with E-state index in [1.54, 1.807) is 16.0 Å². The molecule has 4 nitrogen and oxygen atoms in total. The molecule has 0 amide bonds. The molecule has 0 bridgehead atoms. The van der Waals surface area contributed by atoms with E-state index < -0.39 is 6.10 Å². The quantitative estimate of drug-likeness (QED) is 0.923. The first-order chi connectivity index (χ1) is 9.01. The standard InChI is InChI=1S/C13H18ClN3OS/c1-4-11-13(14)12(17(3)16-11)6-10(18)5-9-7-19-8(2)15-9/h7,10,18H,4-6H2,1-3H3. The van der Waals surface area contributed by atoms with Crippen LogP contribution >= 0.6 is 22.9 Å². The number of aromatic nitrogens is 3. The largest absolute Gasteiger partial charge is 0.392 e. The van der Waals surface area contributed by atoms with Crippen molar-refractivity contribution in [3.05, 3.63) is 32.5 Å². The van der Waals surface area contributed by atoms with Crippen molar-refractivity contribution in [2.45, 2.75) is 39.2 Å². The summed E-state index contributed by atoms with van der Waals surface area (Å²) < 4.78 is 1.76. The van der Waals surface area contributed by atoms with Gasteiger partial charge in [-0.2, -0.15) is 5.10 Å². The van der Waals surface area contributed by atoms with Crippen molar-refractivity contribution in [2.75, 3.05) is 0 Å². The third-order valence-electron chi connectivity index (χ3n) is 3.04. The monoisotopic (exact) mass is 299 g/mol. The minimum Gasteiger partial charge on any atom is -0.392 e. The summed E-state index contributed by atoms with van der Waals surface area (Å²) in [7, 11) is 1.86. The minimum absolute atomic E-state index is 0.487. The lowest BCUT2D eigenvalue weighted by atomic mass is 10.1. The van der Waals surface area contributed by atoms with Crippen LogP contribution in [0.4, 0.5) is 0 Å². The van der Waals surface area contributed by atoms with Crippen molar-refractivity contribution in [1.29, 1.82) is 0 Å². The molecule has 2 rings (SSSR count). The lowest BCUT2D eigenvalue weighted by Gasteiger charge is -2.09. The van der Waals surface area contributed by atoms with Gasteiger partial charge in [0.15, 0.2) is 0 Å². The van der Waals surface area contributed by atoms with E-state index in [-0.39, 0.29) is 0 Å². The van der Waals surface area contributed by atoms with Gasteiger partial charge in [-0.3, -0.25) is 4.68 Å². The second-order valence-electron chi connectivity index (χ2n) is 4.60. The first-order valence-electron chi connectivity index (χ1n) is 6.30. The molecule has 0 aliphatic heterocycles. The molecule has 0 radical (unpaired) electrons. The summed E-state index contributed by atoms with van der Waals surface area (Å²) in [6.07, 6.45) is 1.36. The predicted molar refractivity (Wildman–Crippen MR) is 77.9 cm³/mol. The summed E-state index contributed by atoms with van der Waals surface area (Å²) >= 11 is 7.87. The number of thiazole rings is 1. The average Bonchev–Trinajstić information content (AvgIpc) is 2.87. The van der Waals surface area contributed by atoms with Crippen molar-refractivity contribution >= 4 is 22.9 Å². The molecule has 0 fully saturated rings. The number of halogens is 1. The van der Waals surface area contributed by atoms with Gasteiger partial charge < -0.3 is 5.11 Å². The van der Waals surface area contributed by atoms with Crippen molar-refractivity contribution in [2.24, 2.45) is 7.05 Å². The molecule has 0 aromatic carbocycles. The first kappa shape index (κ1) is 14.5. The van der Waals surface area contributed by atoms with Gasteiger partial charge in [-0.25, -0.2) is 4.98 Å². The van der Waals surface area contributed by atoms with Crippen molar-refractivity contribution in [1.82, 2.24) is 14.8 Å². The van der Waals surface area contributed by atoms with Crippen molar-refractivity contribution < 1.29 is 5.11 Å². The Labute approximate surface area is 122 Å². The van der Waals surface area contributed by atoms with Crippen molar-refractivity contribution in [3.8, 4) is 0 Å². The fourth-order valence-electron chi connectivity index (χ4n) is 2.08. The molecule has 1 atom stereocenters. The van der Waals surface area contributed by atoms with Gasteiger partial charge in [0.1, 0.15) is 0 Å². The number of nitrogens with zero attached hydrogens (tertiary/aromatic N) is 3. The fraction of sp³-hybridized carbons (Fsp3) is 0.538. The molecule has 2 heterocycles. The highest BCUT2D eigenvalue weighted by molar-refractivity contribution is 7.09. The van der Waals surface area contributed by atoms with E-state index in [2.05, 4.69) is 10.1 Å². The molecule has 2 aromatic heterocycles. The Kier molecular flexibility index (Phi) is 4.60. The molecular weight excluding hydrogens is 282 g/mol. The summed E-state index contributed by atoms with van der Waals surface area (Å²) in [4.78, 5) is 4.36. The van der Waals surface area contributed by atoms with E-state index in [9.17, 15) is 5.11 Å². The summed E-state index contributed by atoms with van der Waals surface area (Å²) in [5.74, 6) is 0. The smallest absolute Gasteiger partial charge is 0.0897 e.